The monoisotopic (exact) mass is 215 g/mol. The van der Waals surface area contributed by atoms with E-state index >= 15 is 0 Å². The van der Waals surface area contributed by atoms with Gasteiger partial charge in [0, 0.05) is 10.6 Å². The molecule has 2 unspecified atom stereocenters. The first-order chi connectivity index (χ1) is 6.56. The zero-order valence-corrected chi connectivity index (χ0v) is 8.95. The number of aliphatic hydroxyl groups is 1. The van der Waals surface area contributed by atoms with E-state index in [2.05, 4.69) is 0 Å². The Morgan fingerprint density at radius 3 is 2.64 bits per heavy atom. The van der Waals surface area contributed by atoms with Crippen LogP contribution in [0, 0.1) is 0 Å². The fourth-order valence-corrected chi connectivity index (χ4v) is 1.38. The zero-order valence-electron chi connectivity index (χ0n) is 8.20. The summed E-state index contributed by atoms with van der Waals surface area (Å²) < 4.78 is 5.12. The zero-order chi connectivity index (χ0) is 10.7. The lowest BCUT2D eigenvalue weighted by molar-refractivity contribution is 0.162. The van der Waals surface area contributed by atoms with Crippen molar-refractivity contribution in [1.29, 1.82) is 0 Å². The van der Waals surface area contributed by atoms with Gasteiger partial charge >= 0.3 is 0 Å². The van der Waals surface area contributed by atoms with E-state index in [0.717, 1.165) is 5.56 Å². The summed E-state index contributed by atoms with van der Waals surface area (Å²) in [5.41, 5.74) is 6.55. The van der Waals surface area contributed by atoms with Gasteiger partial charge in [-0.15, -0.1) is 0 Å². The highest BCUT2D eigenvalue weighted by atomic mass is 35.5. The summed E-state index contributed by atoms with van der Waals surface area (Å²) in [5.74, 6) is 0.603. The predicted molar refractivity (Wildman–Crippen MR) is 56.6 cm³/mol. The average molecular weight is 216 g/mol. The topological polar surface area (TPSA) is 55.5 Å². The van der Waals surface area contributed by atoms with Gasteiger partial charge in [-0.3, -0.25) is 0 Å². The Morgan fingerprint density at radius 1 is 1.50 bits per heavy atom. The number of ether oxygens (including phenoxy) is 1. The van der Waals surface area contributed by atoms with Crippen LogP contribution in [0.4, 0.5) is 0 Å². The van der Waals surface area contributed by atoms with Gasteiger partial charge in [0.05, 0.1) is 19.3 Å². The Morgan fingerprint density at radius 2 is 2.14 bits per heavy atom. The number of nitrogens with two attached hydrogens (primary N) is 1. The van der Waals surface area contributed by atoms with Crippen LogP contribution < -0.4 is 10.5 Å². The van der Waals surface area contributed by atoms with Gasteiger partial charge in [0.1, 0.15) is 5.75 Å². The molecule has 0 aliphatic heterocycles. The Balaban J connectivity index is 3.07. The largest absolute Gasteiger partial charge is 0.496 e. The number of aliphatic hydroxyl groups excluding tert-OH is 1. The van der Waals surface area contributed by atoms with E-state index in [9.17, 15) is 5.11 Å². The van der Waals surface area contributed by atoms with E-state index in [-0.39, 0.29) is 0 Å². The minimum atomic E-state index is -0.620. The van der Waals surface area contributed by atoms with E-state index < -0.39 is 12.1 Å². The van der Waals surface area contributed by atoms with Gasteiger partial charge in [-0.05, 0) is 19.1 Å². The fourth-order valence-electron chi connectivity index (χ4n) is 1.22. The van der Waals surface area contributed by atoms with Crippen LogP contribution in [0.3, 0.4) is 0 Å². The number of hydrogen-bond acceptors (Lipinski definition) is 3. The second-order valence-electron chi connectivity index (χ2n) is 3.15. The van der Waals surface area contributed by atoms with E-state index in [1.807, 2.05) is 0 Å². The molecule has 0 spiro atoms. The van der Waals surface area contributed by atoms with Crippen LogP contribution in [0.15, 0.2) is 18.2 Å². The summed E-state index contributed by atoms with van der Waals surface area (Å²) in [6, 6.07) is 4.71. The van der Waals surface area contributed by atoms with E-state index in [1.54, 1.807) is 32.2 Å². The lowest BCUT2D eigenvalue weighted by atomic mass is 10.0. The molecule has 0 aliphatic rings. The number of methoxy groups -OCH3 is 1. The van der Waals surface area contributed by atoms with Crippen LogP contribution in [0.25, 0.3) is 0 Å². The minimum absolute atomic E-state index is 0.456. The third kappa shape index (κ3) is 2.38. The number of halogens is 1. The molecule has 0 saturated carbocycles. The van der Waals surface area contributed by atoms with Crippen LogP contribution >= 0.6 is 11.6 Å². The highest BCUT2D eigenvalue weighted by molar-refractivity contribution is 6.30. The molecule has 0 saturated heterocycles. The van der Waals surface area contributed by atoms with Crippen molar-refractivity contribution in [2.24, 2.45) is 5.73 Å². The predicted octanol–water partition coefficient (Wildman–Crippen LogP) is 1.73. The van der Waals surface area contributed by atoms with Gasteiger partial charge in [0.15, 0.2) is 0 Å². The highest BCUT2D eigenvalue weighted by Gasteiger charge is 2.16. The van der Waals surface area contributed by atoms with Gasteiger partial charge in [0.25, 0.3) is 0 Å². The van der Waals surface area contributed by atoms with Crippen LogP contribution in [0.2, 0.25) is 5.02 Å². The molecule has 4 heteroatoms. The molecule has 0 bridgehead atoms. The van der Waals surface area contributed by atoms with Gasteiger partial charge < -0.3 is 15.6 Å². The van der Waals surface area contributed by atoms with Crippen LogP contribution in [-0.4, -0.2) is 18.3 Å². The summed E-state index contributed by atoms with van der Waals surface area (Å²) >= 11 is 5.80. The van der Waals surface area contributed by atoms with Gasteiger partial charge in [-0.25, -0.2) is 0 Å². The van der Waals surface area contributed by atoms with Crippen molar-refractivity contribution < 1.29 is 9.84 Å². The molecule has 2 atom stereocenters. The van der Waals surface area contributed by atoms with E-state index in [0.29, 0.717) is 10.8 Å². The molecule has 0 heterocycles. The van der Waals surface area contributed by atoms with Crippen molar-refractivity contribution in [3.05, 3.63) is 28.8 Å². The molecule has 1 rings (SSSR count). The molecule has 0 amide bonds. The Hall–Kier alpha value is -0.770. The van der Waals surface area contributed by atoms with Gasteiger partial charge in [-0.1, -0.05) is 17.7 Å². The third-order valence-corrected chi connectivity index (χ3v) is 2.31. The molecule has 1 aromatic rings. The highest BCUT2D eigenvalue weighted by Crippen LogP contribution is 2.28. The van der Waals surface area contributed by atoms with Crippen molar-refractivity contribution in [3.63, 3.8) is 0 Å². The molecule has 3 N–H and O–H groups in total. The SMILES string of the molecule is COc1cc(Cl)ccc1C(N)C(C)O. The second-order valence-corrected chi connectivity index (χ2v) is 3.59. The van der Waals surface area contributed by atoms with Crippen molar-refractivity contribution in [2.45, 2.75) is 19.1 Å². The van der Waals surface area contributed by atoms with Crippen LogP contribution in [-0.2, 0) is 0 Å². The Bertz CT molecular complexity index is 315. The van der Waals surface area contributed by atoms with Gasteiger partial charge in [-0.2, -0.15) is 0 Å². The fraction of sp³-hybridized carbons (Fsp3) is 0.400. The molecular formula is C10H14ClNO2. The molecule has 0 aliphatic carbocycles. The standard InChI is InChI=1S/C10H14ClNO2/c1-6(13)10(12)8-4-3-7(11)5-9(8)14-2/h3-6,10,13H,12H2,1-2H3. The normalized spacial score (nSPS) is 14.9. The number of rotatable bonds is 3. The summed E-state index contributed by atoms with van der Waals surface area (Å²) in [7, 11) is 1.55. The minimum Gasteiger partial charge on any atom is -0.496 e. The first-order valence-electron chi connectivity index (χ1n) is 4.33. The maximum absolute atomic E-state index is 9.35. The average Bonchev–Trinajstić information content (AvgIpc) is 2.16. The smallest absolute Gasteiger partial charge is 0.125 e. The molecular weight excluding hydrogens is 202 g/mol. The van der Waals surface area contributed by atoms with E-state index in [4.69, 9.17) is 22.1 Å². The van der Waals surface area contributed by atoms with Crippen LogP contribution in [0.1, 0.15) is 18.5 Å². The van der Waals surface area contributed by atoms with E-state index in [1.165, 1.54) is 0 Å². The summed E-state index contributed by atoms with van der Waals surface area (Å²) in [5, 5.41) is 9.94. The molecule has 3 nitrogen and oxygen atoms in total. The third-order valence-electron chi connectivity index (χ3n) is 2.07. The first kappa shape index (κ1) is 11.3. The van der Waals surface area contributed by atoms with Crippen LogP contribution in [0.5, 0.6) is 5.75 Å². The molecule has 14 heavy (non-hydrogen) atoms. The molecule has 0 radical (unpaired) electrons. The second kappa shape index (κ2) is 4.64. The summed E-state index contributed by atoms with van der Waals surface area (Å²) in [6.45, 7) is 1.64. The lowest BCUT2D eigenvalue weighted by Gasteiger charge is -2.18. The molecule has 78 valence electrons. The molecule has 0 fully saturated rings. The Kier molecular flexibility index (Phi) is 3.75. The van der Waals surface area contributed by atoms with Crippen molar-refractivity contribution in [2.75, 3.05) is 7.11 Å². The van der Waals surface area contributed by atoms with Crippen molar-refractivity contribution in [1.82, 2.24) is 0 Å². The first-order valence-corrected chi connectivity index (χ1v) is 4.71. The lowest BCUT2D eigenvalue weighted by Crippen LogP contribution is -2.23. The molecule has 0 aromatic heterocycles. The van der Waals surface area contributed by atoms with Crippen molar-refractivity contribution >= 4 is 11.6 Å². The maximum atomic E-state index is 9.35. The summed E-state index contributed by atoms with van der Waals surface area (Å²) in [4.78, 5) is 0. The number of benzene rings is 1. The van der Waals surface area contributed by atoms with Crippen molar-refractivity contribution in [3.8, 4) is 5.75 Å². The quantitative estimate of drug-likeness (QED) is 0.808. The summed E-state index contributed by atoms with van der Waals surface area (Å²) in [6.07, 6.45) is -0.620. The Labute approximate surface area is 88.4 Å². The number of hydrogen-bond donors (Lipinski definition) is 2. The molecule has 1 aromatic carbocycles. The maximum Gasteiger partial charge on any atom is 0.125 e. The van der Waals surface area contributed by atoms with Gasteiger partial charge in [0.2, 0.25) is 0 Å².